The first-order chi connectivity index (χ1) is 15.0. The highest BCUT2D eigenvalue weighted by atomic mass is 35.5. The summed E-state index contributed by atoms with van der Waals surface area (Å²) in [5.41, 5.74) is 2.11. The van der Waals surface area contributed by atoms with Gasteiger partial charge in [0, 0.05) is 21.2 Å². The van der Waals surface area contributed by atoms with Crippen molar-refractivity contribution < 1.29 is 43.4 Å². The van der Waals surface area contributed by atoms with Crippen molar-refractivity contribution in [2.45, 2.75) is 13.1 Å². The molecule has 34 heavy (non-hydrogen) atoms. The molecule has 190 valence electrons. The highest BCUT2D eigenvalue weighted by molar-refractivity contribution is 6.35. The Labute approximate surface area is 225 Å². The van der Waals surface area contributed by atoms with Crippen LogP contribution in [0.3, 0.4) is 0 Å². The molecule has 0 aliphatic rings. The van der Waals surface area contributed by atoms with E-state index in [2.05, 4.69) is 38.8 Å². The Hall–Kier alpha value is -1.54. The van der Waals surface area contributed by atoms with E-state index >= 15 is 0 Å². The van der Waals surface area contributed by atoms with Gasteiger partial charge in [-0.2, -0.15) is 0 Å². The zero-order chi connectivity index (χ0) is 23.8. The van der Waals surface area contributed by atoms with Crippen LogP contribution in [0.2, 0.25) is 10.0 Å². The minimum Gasteiger partial charge on any atom is -1.00 e. The fraction of sp³-hybridized carbons (Fsp3) is 0.417. The van der Waals surface area contributed by atoms with E-state index in [1.807, 2.05) is 48.5 Å². The molecule has 0 radical (unpaired) electrons. The van der Waals surface area contributed by atoms with Crippen molar-refractivity contribution in [1.29, 1.82) is 0 Å². The molecular formula is C24H34Cl4N4O2. The van der Waals surface area contributed by atoms with Gasteiger partial charge in [-0.25, -0.2) is 0 Å². The lowest BCUT2D eigenvalue weighted by molar-refractivity contribution is -0.902. The summed E-state index contributed by atoms with van der Waals surface area (Å²) < 4.78 is 1.28. The summed E-state index contributed by atoms with van der Waals surface area (Å²) in [7, 11) is 8.26. The molecule has 2 aromatic rings. The monoisotopic (exact) mass is 550 g/mol. The van der Waals surface area contributed by atoms with E-state index in [9.17, 15) is 9.59 Å². The van der Waals surface area contributed by atoms with Crippen molar-refractivity contribution in [2.75, 3.05) is 54.4 Å². The van der Waals surface area contributed by atoms with E-state index in [0.717, 1.165) is 34.3 Å². The molecule has 10 heteroatoms. The van der Waals surface area contributed by atoms with Crippen LogP contribution in [0.4, 0.5) is 0 Å². The molecule has 0 fully saturated rings. The van der Waals surface area contributed by atoms with Gasteiger partial charge in [0.2, 0.25) is 0 Å². The van der Waals surface area contributed by atoms with Crippen LogP contribution in [-0.2, 0) is 22.7 Å². The van der Waals surface area contributed by atoms with Crippen molar-refractivity contribution in [1.82, 2.24) is 10.6 Å². The number of nitrogens with zero attached hydrogens (tertiary/aromatic N) is 2. The number of likely N-dealkylation sites (N-methyl/N-ethyl adjacent to an activating group) is 2. The lowest BCUT2D eigenvalue weighted by Gasteiger charge is -2.30. The van der Waals surface area contributed by atoms with Crippen molar-refractivity contribution in [2.24, 2.45) is 0 Å². The lowest BCUT2D eigenvalue weighted by atomic mass is 10.2. The zero-order valence-electron chi connectivity index (χ0n) is 20.1. The van der Waals surface area contributed by atoms with E-state index in [1.54, 1.807) is 0 Å². The Bertz CT molecular complexity index is 863. The number of nitrogens with one attached hydrogen (secondary N) is 2. The number of rotatable bonds is 10. The van der Waals surface area contributed by atoms with Crippen molar-refractivity contribution in [3.05, 3.63) is 69.7 Å². The third kappa shape index (κ3) is 11.3. The van der Waals surface area contributed by atoms with E-state index in [-0.39, 0.29) is 24.8 Å². The molecule has 0 heterocycles. The van der Waals surface area contributed by atoms with Crippen molar-refractivity contribution in [3.8, 4) is 0 Å². The van der Waals surface area contributed by atoms with Gasteiger partial charge in [-0.05, 0) is 12.1 Å². The van der Waals surface area contributed by atoms with Crippen LogP contribution in [-0.4, -0.2) is 75.2 Å². The van der Waals surface area contributed by atoms with Crippen molar-refractivity contribution in [3.63, 3.8) is 0 Å². The van der Waals surface area contributed by atoms with E-state index < -0.39 is 11.8 Å². The molecule has 6 nitrogen and oxygen atoms in total. The maximum absolute atomic E-state index is 12.2. The molecule has 2 amide bonds. The van der Waals surface area contributed by atoms with E-state index in [1.165, 1.54) is 0 Å². The predicted molar refractivity (Wildman–Crippen MR) is 130 cm³/mol. The van der Waals surface area contributed by atoms with Crippen molar-refractivity contribution >= 4 is 35.0 Å². The lowest BCUT2D eigenvalue weighted by Crippen LogP contribution is -3.00. The molecular weight excluding hydrogens is 518 g/mol. The van der Waals surface area contributed by atoms with E-state index in [0.29, 0.717) is 35.1 Å². The van der Waals surface area contributed by atoms with Gasteiger partial charge in [0.15, 0.2) is 0 Å². The molecule has 2 rings (SSSR count). The van der Waals surface area contributed by atoms with Crippen LogP contribution in [0.5, 0.6) is 0 Å². The highest BCUT2D eigenvalue weighted by Gasteiger charge is 2.21. The number of hydrogen-bond donors (Lipinski definition) is 2. The number of quaternary nitrogens is 2. The first kappa shape index (κ1) is 32.5. The highest BCUT2D eigenvalue weighted by Crippen LogP contribution is 2.19. The second-order valence-electron chi connectivity index (χ2n) is 9.33. The number of amides is 2. The van der Waals surface area contributed by atoms with Gasteiger partial charge in [-0.15, -0.1) is 0 Å². The Morgan fingerprint density at radius 3 is 1.32 bits per heavy atom. The van der Waals surface area contributed by atoms with Gasteiger partial charge in [-0.1, -0.05) is 59.6 Å². The molecule has 0 saturated heterocycles. The molecule has 0 aromatic heterocycles. The summed E-state index contributed by atoms with van der Waals surface area (Å²) in [5.74, 6) is -1.22. The third-order valence-corrected chi connectivity index (χ3v) is 6.06. The largest absolute Gasteiger partial charge is 1.00 e. The normalized spacial score (nSPS) is 11.1. The van der Waals surface area contributed by atoms with Crippen LogP contribution >= 0.6 is 23.2 Å². The molecule has 0 atom stereocenters. The van der Waals surface area contributed by atoms with Gasteiger partial charge < -0.3 is 44.4 Å². The second kappa shape index (κ2) is 14.8. The molecule has 0 unspecified atom stereocenters. The third-order valence-electron chi connectivity index (χ3n) is 5.32. The van der Waals surface area contributed by atoms with Gasteiger partial charge in [0.1, 0.15) is 13.1 Å². The molecule has 2 N–H and O–H groups in total. The maximum Gasteiger partial charge on any atom is 0.309 e. The molecule has 0 aliphatic heterocycles. The van der Waals surface area contributed by atoms with Gasteiger partial charge in [-0.3, -0.25) is 9.59 Å². The number of carbonyl (C=O) groups is 2. The smallest absolute Gasteiger partial charge is 0.309 e. The Morgan fingerprint density at radius 1 is 0.676 bits per heavy atom. The molecule has 2 aromatic carbocycles. The molecule has 0 aliphatic carbocycles. The Balaban J connectivity index is 0.00000544. The number of carbonyl (C=O) groups excluding carboxylic acids is 2. The van der Waals surface area contributed by atoms with Gasteiger partial charge >= 0.3 is 11.8 Å². The number of halogens is 4. The topological polar surface area (TPSA) is 58.2 Å². The van der Waals surface area contributed by atoms with Crippen LogP contribution in [0.15, 0.2) is 48.5 Å². The van der Waals surface area contributed by atoms with Crippen LogP contribution < -0.4 is 35.4 Å². The quantitative estimate of drug-likeness (QED) is 0.246. The first-order valence-electron chi connectivity index (χ1n) is 10.7. The molecule has 0 bridgehead atoms. The van der Waals surface area contributed by atoms with Gasteiger partial charge in [0.25, 0.3) is 0 Å². The summed E-state index contributed by atoms with van der Waals surface area (Å²) >= 11 is 12.5. The maximum atomic E-state index is 12.2. The summed E-state index contributed by atoms with van der Waals surface area (Å²) in [5, 5.41) is 6.89. The number of hydrogen-bond acceptors (Lipinski definition) is 2. The average molecular weight is 552 g/mol. The number of benzene rings is 2. The predicted octanol–water partition coefficient (Wildman–Crippen LogP) is -2.91. The summed E-state index contributed by atoms with van der Waals surface area (Å²) in [6.45, 7) is 3.62. The summed E-state index contributed by atoms with van der Waals surface area (Å²) in [6, 6.07) is 15.5. The van der Waals surface area contributed by atoms with Crippen LogP contribution in [0.25, 0.3) is 0 Å². The summed E-state index contributed by atoms with van der Waals surface area (Å²) in [6.07, 6.45) is 0. The second-order valence-corrected chi connectivity index (χ2v) is 10.1. The zero-order valence-corrected chi connectivity index (χ0v) is 23.1. The van der Waals surface area contributed by atoms with Crippen LogP contribution in [0, 0.1) is 0 Å². The standard InChI is InChI=1S/C24H32Cl2N4O2.2ClH/c1-29(2,17-19-9-5-7-11-21(19)25)15-13-27-23(31)24(32)28-14-16-30(3,4)18-20-10-6-8-12-22(20)26;;/h5-12H,13-18H2,1-4H3;2*1H. The van der Waals surface area contributed by atoms with E-state index in [4.69, 9.17) is 23.2 Å². The van der Waals surface area contributed by atoms with Crippen LogP contribution in [0.1, 0.15) is 11.1 Å². The average Bonchev–Trinajstić information content (AvgIpc) is 2.70. The Kier molecular flexibility index (Phi) is 14.1. The molecule has 0 saturated carbocycles. The van der Waals surface area contributed by atoms with Gasteiger partial charge in [0.05, 0.1) is 54.4 Å². The molecule has 0 spiro atoms. The Morgan fingerprint density at radius 2 is 1.00 bits per heavy atom. The fourth-order valence-electron chi connectivity index (χ4n) is 3.44. The fourth-order valence-corrected chi connectivity index (χ4v) is 3.83. The summed E-state index contributed by atoms with van der Waals surface area (Å²) in [4.78, 5) is 24.3. The minimum absolute atomic E-state index is 0. The minimum atomic E-state index is -0.612. The SMILES string of the molecule is C[N+](C)(CCNC(=O)C(=O)NCC[N+](C)(C)Cc1ccccc1Cl)Cc1ccccc1Cl.[Cl-].[Cl-]. The first-order valence-corrected chi connectivity index (χ1v) is 11.4.